The molecule has 0 aliphatic heterocycles. The summed E-state index contributed by atoms with van der Waals surface area (Å²) in [6.45, 7) is 6.76. The van der Waals surface area contributed by atoms with Crippen LogP contribution in [0.2, 0.25) is 0 Å². The van der Waals surface area contributed by atoms with Crippen molar-refractivity contribution in [2.24, 2.45) is 0 Å². The third kappa shape index (κ3) is 6.91. The molecular formula is C14H21NO3. The van der Waals surface area contributed by atoms with Crippen molar-refractivity contribution in [2.45, 2.75) is 26.4 Å². The van der Waals surface area contributed by atoms with Gasteiger partial charge in [-0.05, 0) is 32.9 Å². The lowest BCUT2D eigenvalue weighted by Crippen LogP contribution is -2.24. The van der Waals surface area contributed by atoms with Gasteiger partial charge in [-0.1, -0.05) is 18.2 Å². The Morgan fingerprint density at radius 2 is 1.83 bits per heavy atom. The topological polar surface area (TPSA) is 47.6 Å². The second-order valence-corrected chi connectivity index (χ2v) is 4.90. The summed E-state index contributed by atoms with van der Waals surface area (Å²) < 4.78 is 10.5. The molecule has 1 rings (SSSR count). The smallest absolute Gasteiger partial charge is 0.325 e. The molecule has 0 saturated carbocycles. The highest BCUT2D eigenvalue weighted by Gasteiger charge is 2.10. The Kier molecular flexibility index (Phi) is 5.65. The number of carbonyl (C=O) groups is 1. The third-order valence-electron chi connectivity index (χ3n) is 2.09. The van der Waals surface area contributed by atoms with Gasteiger partial charge in [-0.3, -0.25) is 4.79 Å². The van der Waals surface area contributed by atoms with Crippen LogP contribution in [-0.2, 0) is 14.3 Å². The van der Waals surface area contributed by atoms with Crippen molar-refractivity contribution in [2.75, 3.05) is 25.1 Å². The fraction of sp³-hybridized carbons (Fsp3) is 0.500. The molecule has 100 valence electrons. The summed E-state index contributed by atoms with van der Waals surface area (Å²) in [7, 11) is 0. The standard InChI is InChI=1S/C14H21NO3/c1-14(2,3)18-10-9-17-13(16)11-15-12-7-5-4-6-8-12/h4-8,15H,9-11H2,1-3H3. The molecule has 0 radical (unpaired) electrons. The Morgan fingerprint density at radius 1 is 1.17 bits per heavy atom. The number of hydrogen-bond donors (Lipinski definition) is 1. The van der Waals surface area contributed by atoms with Crippen molar-refractivity contribution in [3.05, 3.63) is 30.3 Å². The van der Waals surface area contributed by atoms with E-state index < -0.39 is 0 Å². The molecule has 1 aromatic rings. The van der Waals surface area contributed by atoms with Gasteiger partial charge < -0.3 is 14.8 Å². The molecule has 0 spiro atoms. The second kappa shape index (κ2) is 7.01. The van der Waals surface area contributed by atoms with Gasteiger partial charge in [0.25, 0.3) is 0 Å². The highest BCUT2D eigenvalue weighted by Crippen LogP contribution is 2.06. The SMILES string of the molecule is CC(C)(C)OCCOC(=O)CNc1ccccc1. The number of benzene rings is 1. The Balaban J connectivity index is 2.11. The van der Waals surface area contributed by atoms with Gasteiger partial charge in [-0.15, -0.1) is 0 Å². The molecule has 0 unspecified atom stereocenters. The van der Waals surface area contributed by atoms with E-state index in [1.807, 2.05) is 51.1 Å². The maximum Gasteiger partial charge on any atom is 0.325 e. The number of hydrogen-bond acceptors (Lipinski definition) is 4. The Morgan fingerprint density at radius 3 is 2.44 bits per heavy atom. The Labute approximate surface area is 108 Å². The zero-order chi connectivity index (χ0) is 13.4. The number of rotatable bonds is 6. The largest absolute Gasteiger partial charge is 0.462 e. The van der Waals surface area contributed by atoms with Crippen LogP contribution in [-0.4, -0.2) is 31.3 Å². The molecule has 0 aromatic heterocycles. The van der Waals surface area contributed by atoms with Crippen molar-refractivity contribution in [1.82, 2.24) is 0 Å². The molecule has 18 heavy (non-hydrogen) atoms. The number of esters is 1. The molecule has 1 N–H and O–H groups in total. The van der Waals surface area contributed by atoms with Crippen molar-refractivity contribution in [1.29, 1.82) is 0 Å². The fourth-order valence-electron chi connectivity index (χ4n) is 1.28. The lowest BCUT2D eigenvalue weighted by Gasteiger charge is -2.19. The maximum atomic E-state index is 11.4. The van der Waals surface area contributed by atoms with Gasteiger partial charge in [0.15, 0.2) is 0 Å². The van der Waals surface area contributed by atoms with Gasteiger partial charge >= 0.3 is 5.97 Å². The normalized spacial score (nSPS) is 11.1. The van der Waals surface area contributed by atoms with Crippen molar-refractivity contribution in [3.63, 3.8) is 0 Å². The number of ether oxygens (including phenoxy) is 2. The predicted octanol–water partition coefficient (Wildman–Crippen LogP) is 2.46. The molecule has 0 bridgehead atoms. The van der Waals surface area contributed by atoms with Gasteiger partial charge in [0.2, 0.25) is 0 Å². The number of para-hydroxylation sites is 1. The summed E-state index contributed by atoms with van der Waals surface area (Å²) in [4.78, 5) is 11.4. The first-order chi connectivity index (χ1) is 8.47. The van der Waals surface area contributed by atoms with E-state index in [9.17, 15) is 4.79 Å². The van der Waals surface area contributed by atoms with Crippen LogP contribution in [0.4, 0.5) is 5.69 Å². The maximum absolute atomic E-state index is 11.4. The molecule has 4 heteroatoms. The van der Waals surface area contributed by atoms with Gasteiger partial charge in [-0.2, -0.15) is 0 Å². The molecule has 0 aliphatic rings. The van der Waals surface area contributed by atoms with E-state index in [-0.39, 0.29) is 24.7 Å². The zero-order valence-electron chi connectivity index (χ0n) is 11.2. The number of anilines is 1. The van der Waals surface area contributed by atoms with Gasteiger partial charge in [0.1, 0.15) is 13.2 Å². The first-order valence-electron chi connectivity index (χ1n) is 6.06. The molecule has 0 atom stereocenters. The van der Waals surface area contributed by atoms with Crippen LogP contribution in [0, 0.1) is 0 Å². The average molecular weight is 251 g/mol. The summed E-state index contributed by atoms with van der Waals surface area (Å²) in [5, 5.41) is 2.99. The van der Waals surface area contributed by atoms with Crippen molar-refractivity contribution >= 4 is 11.7 Å². The van der Waals surface area contributed by atoms with Crippen LogP contribution in [0.25, 0.3) is 0 Å². The van der Waals surface area contributed by atoms with E-state index in [1.54, 1.807) is 0 Å². The molecular weight excluding hydrogens is 230 g/mol. The van der Waals surface area contributed by atoms with Gasteiger partial charge in [-0.25, -0.2) is 0 Å². The molecule has 0 heterocycles. The van der Waals surface area contributed by atoms with Crippen molar-refractivity contribution < 1.29 is 14.3 Å². The summed E-state index contributed by atoms with van der Waals surface area (Å²) in [6.07, 6.45) is 0. The van der Waals surface area contributed by atoms with Gasteiger partial charge in [0, 0.05) is 5.69 Å². The van der Waals surface area contributed by atoms with E-state index in [0.717, 1.165) is 5.69 Å². The van der Waals surface area contributed by atoms with Crippen LogP contribution < -0.4 is 5.32 Å². The minimum absolute atomic E-state index is 0.166. The third-order valence-corrected chi connectivity index (χ3v) is 2.09. The minimum atomic E-state index is -0.281. The monoisotopic (exact) mass is 251 g/mol. The highest BCUT2D eigenvalue weighted by molar-refractivity contribution is 5.74. The summed E-state index contributed by atoms with van der Waals surface area (Å²) in [5.41, 5.74) is 0.703. The van der Waals surface area contributed by atoms with Crippen LogP contribution in [0.1, 0.15) is 20.8 Å². The van der Waals surface area contributed by atoms with Crippen LogP contribution in [0.5, 0.6) is 0 Å². The predicted molar refractivity (Wildman–Crippen MR) is 71.6 cm³/mol. The molecule has 4 nitrogen and oxygen atoms in total. The van der Waals surface area contributed by atoms with E-state index in [4.69, 9.17) is 9.47 Å². The average Bonchev–Trinajstić information content (AvgIpc) is 2.32. The second-order valence-electron chi connectivity index (χ2n) is 4.90. The van der Waals surface area contributed by atoms with E-state index in [1.165, 1.54) is 0 Å². The fourth-order valence-corrected chi connectivity index (χ4v) is 1.28. The van der Waals surface area contributed by atoms with E-state index >= 15 is 0 Å². The molecule has 0 saturated heterocycles. The summed E-state index contributed by atoms with van der Waals surface area (Å²) >= 11 is 0. The molecule has 0 aliphatic carbocycles. The number of carbonyl (C=O) groups excluding carboxylic acids is 1. The Hall–Kier alpha value is -1.55. The van der Waals surface area contributed by atoms with Gasteiger partial charge in [0.05, 0.1) is 12.2 Å². The number of nitrogens with one attached hydrogen (secondary N) is 1. The summed E-state index contributed by atoms with van der Waals surface area (Å²) in [6, 6.07) is 9.54. The zero-order valence-corrected chi connectivity index (χ0v) is 11.2. The van der Waals surface area contributed by atoms with Crippen LogP contribution in [0.15, 0.2) is 30.3 Å². The quantitative estimate of drug-likeness (QED) is 0.623. The van der Waals surface area contributed by atoms with E-state index in [2.05, 4.69) is 5.32 Å². The molecule has 0 amide bonds. The minimum Gasteiger partial charge on any atom is -0.462 e. The highest BCUT2D eigenvalue weighted by atomic mass is 16.6. The first kappa shape index (κ1) is 14.5. The molecule has 0 fully saturated rings. The van der Waals surface area contributed by atoms with Crippen LogP contribution in [0.3, 0.4) is 0 Å². The molecule has 1 aromatic carbocycles. The first-order valence-corrected chi connectivity index (χ1v) is 6.06. The lowest BCUT2D eigenvalue weighted by atomic mass is 10.2. The Bertz CT molecular complexity index is 357. The van der Waals surface area contributed by atoms with Crippen molar-refractivity contribution in [3.8, 4) is 0 Å². The lowest BCUT2D eigenvalue weighted by molar-refractivity contribution is -0.144. The van der Waals surface area contributed by atoms with Crippen LogP contribution >= 0.6 is 0 Å². The summed E-state index contributed by atoms with van der Waals surface area (Å²) in [5.74, 6) is -0.281. The van der Waals surface area contributed by atoms with E-state index in [0.29, 0.717) is 6.61 Å².